The lowest BCUT2D eigenvalue weighted by molar-refractivity contribution is -0.147. The first-order chi connectivity index (χ1) is 9.17. The summed E-state index contributed by atoms with van der Waals surface area (Å²) >= 11 is 0. The van der Waals surface area contributed by atoms with Gasteiger partial charge in [0.2, 0.25) is 0 Å². The maximum absolute atomic E-state index is 11.7. The number of carboxylic acid groups (broad SMARTS) is 1. The van der Waals surface area contributed by atoms with Crippen LogP contribution in [0.1, 0.15) is 37.3 Å². The van der Waals surface area contributed by atoms with E-state index in [1.807, 2.05) is 19.1 Å². The number of aryl methyl sites for hydroxylation is 1. The summed E-state index contributed by atoms with van der Waals surface area (Å²) in [6, 6.07) is 3.84. The number of rotatable bonds is 3. The Labute approximate surface area is 112 Å². The Morgan fingerprint density at radius 1 is 1.26 bits per heavy atom. The minimum atomic E-state index is -0.717. The van der Waals surface area contributed by atoms with E-state index in [0.29, 0.717) is 19.0 Å². The number of fused-ring (bicyclic) bond motifs is 1. The summed E-state index contributed by atoms with van der Waals surface area (Å²) in [5, 5.41) is 9.59. The fourth-order valence-corrected chi connectivity index (χ4v) is 3.00. The van der Waals surface area contributed by atoms with Crippen LogP contribution in [-0.4, -0.2) is 24.3 Å². The van der Waals surface area contributed by atoms with Crippen molar-refractivity contribution >= 4 is 5.97 Å². The molecule has 2 aliphatic rings. The van der Waals surface area contributed by atoms with Gasteiger partial charge in [0.25, 0.3) is 0 Å². The monoisotopic (exact) mass is 262 g/mol. The lowest BCUT2D eigenvalue weighted by Gasteiger charge is -2.40. The van der Waals surface area contributed by atoms with Crippen LogP contribution in [0.3, 0.4) is 0 Å². The van der Waals surface area contributed by atoms with Crippen molar-refractivity contribution in [2.75, 3.05) is 13.2 Å². The van der Waals surface area contributed by atoms with Gasteiger partial charge in [0.1, 0.15) is 13.2 Å². The van der Waals surface area contributed by atoms with E-state index in [0.717, 1.165) is 42.6 Å². The van der Waals surface area contributed by atoms with Crippen molar-refractivity contribution in [1.82, 2.24) is 0 Å². The van der Waals surface area contributed by atoms with E-state index in [-0.39, 0.29) is 0 Å². The van der Waals surface area contributed by atoms with Crippen LogP contribution in [0.2, 0.25) is 0 Å². The van der Waals surface area contributed by atoms with Gasteiger partial charge in [0.05, 0.1) is 5.41 Å². The Morgan fingerprint density at radius 2 is 1.89 bits per heavy atom. The molecule has 1 aromatic rings. The fourth-order valence-electron chi connectivity index (χ4n) is 3.00. The second-order valence-corrected chi connectivity index (χ2v) is 5.25. The molecule has 1 heterocycles. The molecule has 1 aliphatic carbocycles. The van der Waals surface area contributed by atoms with Crippen molar-refractivity contribution in [1.29, 1.82) is 0 Å². The van der Waals surface area contributed by atoms with Gasteiger partial charge >= 0.3 is 5.97 Å². The average molecular weight is 262 g/mol. The maximum Gasteiger partial charge on any atom is 0.314 e. The first kappa shape index (κ1) is 12.3. The lowest BCUT2D eigenvalue weighted by Crippen LogP contribution is -2.43. The topological polar surface area (TPSA) is 55.8 Å². The SMILES string of the molecule is CCc1cc2c(cc1C1(C(=O)O)CCC1)OCCO2. The van der Waals surface area contributed by atoms with Crippen molar-refractivity contribution in [3.63, 3.8) is 0 Å². The molecule has 0 unspecified atom stereocenters. The number of ether oxygens (including phenoxy) is 2. The van der Waals surface area contributed by atoms with Crippen molar-refractivity contribution in [3.8, 4) is 11.5 Å². The molecule has 0 radical (unpaired) electrons. The maximum atomic E-state index is 11.7. The zero-order valence-electron chi connectivity index (χ0n) is 11.1. The number of aliphatic carboxylic acids is 1. The summed E-state index contributed by atoms with van der Waals surface area (Å²) in [5.74, 6) is 0.711. The Hall–Kier alpha value is -1.71. The highest BCUT2D eigenvalue weighted by Crippen LogP contribution is 2.48. The summed E-state index contributed by atoms with van der Waals surface area (Å²) in [6.07, 6.45) is 3.22. The predicted octanol–water partition coefficient (Wildman–Crippen LogP) is 2.53. The van der Waals surface area contributed by atoms with Crippen LogP contribution < -0.4 is 9.47 Å². The van der Waals surface area contributed by atoms with Crippen LogP contribution in [0.5, 0.6) is 11.5 Å². The summed E-state index contributed by atoms with van der Waals surface area (Å²) in [5.41, 5.74) is 1.27. The molecule has 0 aromatic heterocycles. The third-order valence-corrected chi connectivity index (χ3v) is 4.28. The smallest absolute Gasteiger partial charge is 0.314 e. The van der Waals surface area contributed by atoms with Crippen LogP contribution in [-0.2, 0) is 16.6 Å². The van der Waals surface area contributed by atoms with E-state index >= 15 is 0 Å². The van der Waals surface area contributed by atoms with Gasteiger partial charge in [-0.2, -0.15) is 0 Å². The van der Waals surface area contributed by atoms with E-state index < -0.39 is 11.4 Å². The predicted molar refractivity (Wildman–Crippen MR) is 70.0 cm³/mol. The third-order valence-electron chi connectivity index (χ3n) is 4.28. The lowest BCUT2D eigenvalue weighted by atomic mass is 9.63. The molecule has 4 heteroatoms. The van der Waals surface area contributed by atoms with E-state index in [9.17, 15) is 9.90 Å². The first-order valence-electron chi connectivity index (χ1n) is 6.84. The van der Waals surface area contributed by atoms with Gasteiger partial charge in [-0.15, -0.1) is 0 Å². The molecule has 0 spiro atoms. The van der Waals surface area contributed by atoms with Crippen LogP contribution in [0.25, 0.3) is 0 Å². The van der Waals surface area contributed by atoms with Crippen molar-refractivity contribution in [2.45, 2.75) is 38.0 Å². The molecular weight excluding hydrogens is 244 g/mol. The molecule has 1 fully saturated rings. The van der Waals surface area contributed by atoms with Gasteiger partial charge in [-0.05, 0) is 42.5 Å². The van der Waals surface area contributed by atoms with E-state index in [1.54, 1.807) is 0 Å². The molecule has 1 N–H and O–H groups in total. The molecule has 1 aliphatic heterocycles. The van der Waals surface area contributed by atoms with Crippen molar-refractivity contribution in [2.24, 2.45) is 0 Å². The summed E-state index contributed by atoms with van der Waals surface area (Å²) < 4.78 is 11.2. The third kappa shape index (κ3) is 1.78. The summed E-state index contributed by atoms with van der Waals surface area (Å²) in [7, 11) is 0. The highest BCUT2D eigenvalue weighted by Gasteiger charge is 2.47. The van der Waals surface area contributed by atoms with Gasteiger partial charge in [-0.25, -0.2) is 0 Å². The number of carbonyl (C=O) groups is 1. The molecule has 0 saturated heterocycles. The second-order valence-electron chi connectivity index (χ2n) is 5.25. The van der Waals surface area contributed by atoms with Crippen LogP contribution in [0.15, 0.2) is 12.1 Å². The normalized spacial score (nSPS) is 19.6. The second kappa shape index (κ2) is 4.44. The minimum Gasteiger partial charge on any atom is -0.486 e. The average Bonchev–Trinajstić information content (AvgIpc) is 2.36. The van der Waals surface area contributed by atoms with E-state index in [4.69, 9.17) is 9.47 Å². The molecular formula is C15H18O4. The Bertz CT molecular complexity index is 517. The molecule has 0 amide bonds. The summed E-state index contributed by atoms with van der Waals surface area (Å²) in [6.45, 7) is 3.13. The molecule has 3 rings (SSSR count). The molecule has 1 aromatic carbocycles. The van der Waals surface area contributed by atoms with Crippen molar-refractivity contribution in [3.05, 3.63) is 23.3 Å². The highest BCUT2D eigenvalue weighted by molar-refractivity contribution is 5.83. The zero-order chi connectivity index (χ0) is 13.5. The number of benzene rings is 1. The Kier molecular flexibility index (Phi) is 2.88. The highest BCUT2D eigenvalue weighted by atomic mass is 16.6. The largest absolute Gasteiger partial charge is 0.486 e. The van der Waals surface area contributed by atoms with Gasteiger partial charge in [-0.3, -0.25) is 4.79 Å². The van der Waals surface area contributed by atoms with Gasteiger partial charge in [-0.1, -0.05) is 13.3 Å². The van der Waals surface area contributed by atoms with Crippen molar-refractivity contribution < 1.29 is 19.4 Å². The minimum absolute atomic E-state index is 0.526. The quantitative estimate of drug-likeness (QED) is 0.909. The van der Waals surface area contributed by atoms with E-state index in [1.165, 1.54) is 0 Å². The van der Waals surface area contributed by atoms with E-state index in [2.05, 4.69) is 0 Å². The zero-order valence-corrected chi connectivity index (χ0v) is 11.1. The van der Waals surface area contributed by atoms with Crippen LogP contribution in [0.4, 0.5) is 0 Å². The van der Waals surface area contributed by atoms with Crippen LogP contribution >= 0.6 is 0 Å². The molecule has 4 nitrogen and oxygen atoms in total. The number of carboxylic acids is 1. The molecule has 102 valence electrons. The number of hydrogen-bond donors (Lipinski definition) is 1. The fraction of sp³-hybridized carbons (Fsp3) is 0.533. The molecule has 1 saturated carbocycles. The van der Waals surface area contributed by atoms with Crippen LogP contribution in [0, 0.1) is 0 Å². The van der Waals surface area contributed by atoms with Gasteiger partial charge in [0.15, 0.2) is 11.5 Å². The standard InChI is InChI=1S/C15H18O4/c1-2-10-8-12-13(19-7-6-18-12)9-11(10)15(14(16)17)4-3-5-15/h8-9H,2-7H2,1H3,(H,16,17). The molecule has 0 bridgehead atoms. The summed E-state index contributed by atoms with van der Waals surface area (Å²) in [4.78, 5) is 11.7. The van der Waals surface area contributed by atoms with Gasteiger partial charge in [0, 0.05) is 0 Å². The molecule has 0 atom stereocenters. The molecule has 19 heavy (non-hydrogen) atoms. The Morgan fingerprint density at radius 3 is 2.37 bits per heavy atom. The Balaban J connectivity index is 2.11. The number of hydrogen-bond acceptors (Lipinski definition) is 3. The van der Waals surface area contributed by atoms with Gasteiger partial charge < -0.3 is 14.6 Å². The first-order valence-corrected chi connectivity index (χ1v) is 6.84.